The number of unbranched alkanes of at least 4 members (excludes halogenated alkanes) is 12. The predicted octanol–water partition coefficient (Wildman–Crippen LogP) is 12.3. The lowest BCUT2D eigenvalue weighted by Gasteiger charge is -2.58. The minimum Gasteiger partial charge on any atom is -0.446 e. The van der Waals surface area contributed by atoms with Gasteiger partial charge in [-0.05, 0) is 124 Å². The molecular weight excluding hydrogens is 745 g/mol. The van der Waals surface area contributed by atoms with Crippen LogP contribution in [0.1, 0.15) is 215 Å². The quantitative estimate of drug-likeness (QED) is 0.0513. The van der Waals surface area contributed by atoms with Crippen molar-refractivity contribution in [3.8, 4) is 0 Å². The third-order valence-corrected chi connectivity index (χ3v) is 16.3. The fraction of sp³-hybridized carbons (Fsp3) is 0.904. The summed E-state index contributed by atoms with van der Waals surface area (Å²) in [5.74, 6) is 4.72. The Morgan fingerprint density at radius 1 is 0.767 bits per heavy atom. The molecule has 0 radical (unpaired) electrons. The van der Waals surface area contributed by atoms with Gasteiger partial charge in [0, 0.05) is 32.5 Å². The second kappa shape index (κ2) is 26.5. The molecule has 4 aliphatic carbocycles. The lowest BCUT2D eigenvalue weighted by atomic mass is 9.47. The summed E-state index contributed by atoms with van der Waals surface area (Å²) in [7, 11) is 0. The SMILES string of the molecule is CCCCCCCCCCCCC(=O)NCCCN(CC(=O)NCCCCCCN)C(=O)O[C@H]1CC[C@@]2(C)C(=CC[C@H]3[C@@H]4CC[C@H]([C@H](C)CCCC(C)C)[C@@]4(C)CC[C@@H]32)C1. The molecule has 8 nitrogen and oxygen atoms in total. The van der Waals surface area contributed by atoms with E-state index in [2.05, 4.69) is 58.3 Å². The second-order valence-corrected chi connectivity index (χ2v) is 21.1. The van der Waals surface area contributed by atoms with Gasteiger partial charge in [0.05, 0.1) is 0 Å². The summed E-state index contributed by atoms with van der Waals surface area (Å²) in [6.07, 6.45) is 33.1. The van der Waals surface area contributed by atoms with Gasteiger partial charge in [-0.1, -0.05) is 143 Å². The van der Waals surface area contributed by atoms with Crippen LogP contribution >= 0.6 is 0 Å². The molecule has 0 aromatic carbocycles. The molecule has 0 unspecified atom stereocenters. The summed E-state index contributed by atoms with van der Waals surface area (Å²) >= 11 is 0. The Morgan fingerprint density at radius 3 is 2.15 bits per heavy atom. The van der Waals surface area contributed by atoms with Gasteiger partial charge in [0.15, 0.2) is 0 Å². The molecule has 0 aliphatic heterocycles. The molecule has 0 saturated heterocycles. The smallest absolute Gasteiger partial charge is 0.410 e. The van der Waals surface area contributed by atoms with E-state index in [0.717, 1.165) is 93.3 Å². The van der Waals surface area contributed by atoms with Crippen LogP contribution in [-0.4, -0.2) is 61.6 Å². The first kappa shape index (κ1) is 50.6. The van der Waals surface area contributed by atoms with Crippen molar-refractivity contribution in [2.24, 2.45) is 52.1 Å². The Labute approximate surface area is 368 Å². The fourth-order valence-electron chi connectivity index (χ4n) is 12.6. The van der Waals surface area contributed by atoms with Crippen molar-refractivity contribution in [1.29, 1.82) is 0 Å². The maximum Gasteiger partial charge on any atom is 0.410 e. The topological polar surface area (TPSA) is 114 Å². The molecule has 0 heterocycles. The van der Waals surface area contributed by atoms with Crippen LogP contribution in [0, 0.1) is 46.3 Å². The number of amides is 3. The monoisotopic (exact) mass is 839 g/mol. The summed E-state index contributed by atoms with van der Waals surface area (Å²) in [5.41, 5.74) is 7.81. The van der Waals surface area contributed by atoms with Gasteiger partial charge in [-0.25, -0.2) is 4.79 Å². The van der Waals surface area contributed by atoms with Crippen molar-refractivity contribution in [2.75, 3.05) is 32.7 Å². The van der Waals surface area contributed by atoms with Gasteiger partial charge < -0.3 is 21.1 Å². The largest absolute Gasteiger partial charge is 0.446 e. The summed E-state index contributed by atoms with van der Waals surface area (Å²) in [6, 6.07) is 0. The van der Waals surface area contributed by atoms with Crippen molar-refractivity contribution in [3.05, 3.63) is 11.6 Å². The van der Waals surface area contributed by atoms with Crippen molar-refractivity contribution in [2.45, 2.75) is 221 Å². The van der Waals surface area contributed by atoms with Gasteiger partial charge in [-0.15, -0.1) is 0 Å². The number of allylic oxidation sites excluding steroid dienone is 1. The van der Waals surface area contributed by atoms with Crippen LogP contribution in [0.15, 0.2) is 11.6 Å². The van der Waals surface area contributed by atoms with Gasteiger partial charge in [0.2, 0.25) is 11.8 Å². The van der Waals surface area contributed by atoms with Crippen LogP contribution in [0.25, 0.3) is 0 Å². The Bertz CT molecular complexity index is 1300. The highest BCUT2D eigenvalue weighted by atomic mass is 16.6. The number of carbonyl (C=O) groups is 3. The lowest BCUT2D eigenvalue weighted by Crippen LogP contribution is -2.51. The number of rotatable bonds is 29. The molecule has 0 bridgehead atoms. The van der Waals surface area contributed by atoms with Crippen LogP contribution in [0.4, 0.5) is 4.79 Å². The summed E-state index contributed by atoms with van der Waals surface area (Å²) in [4.78, 5) is 41.1. The van der Waals surface area contributed by atoms with E-state index >= 15 is 0 Å². The van der Waals surface area contributed by atoms with Crippen molar-refractivity contribution in [3.63, 3.8) is 0 Å². The molecular formula is C52H94N4O4. The van der Waals surface area contributed by atoms with Gasteiger partial charge in [0.25, 0.3) is 0 Å². The van der Waals surface area contributed by atoms with Crippen LogP contribution in [0.2, 0.25) is 0 Å². The number of fused-ring (bicyclic) bond motifs is 5. The molecule has 4 aliphatic rings. The van der Waals surface area contributed by atoms with Crippen molar-refractivity contribution in [1.82, 2.24) is 15.5 Å². The molecule has 60 heavy (non-hydrogen) atoms. The molecule has 0 aromatic rings. The third kappa shape index (κ3) is 15.3. The predicted molar refractivity (Wildman–Crippen MR) is 250 cm³/mol. The first-order chi connectivity index (χ1) is 28.9. The molecule has 3 fully saturated rings. The van der Waals surface area contributed by atoms with Gasteiger partial charge in [0.1, 0.15) is 12.6 Å². The van der Waals surface area contributed by atoms with Crippen LogP contribution in [0.3, 0.4) is 0 Å². The number of nitrogens with one attached hydrogen (secondary N) is 2. The number of nitrogens with zero attached hydrogens (tertiary/aromatic N) is 1. The molecule has 3 amide bonds. The maximum atomic E-state index is 13.9. The Balaban J connectivity index is 1.26. The van der Waals surface area contributed by atoms with E-state index in [-0.39, 0.29) is 29.9 Å². The number of nitrogens with two attached hydrogens (primary N) is 1. The zero-order chi connectivity index (χ0) is 43.4. The standard InChI is InChI=1S/C52H94N4O4/c1-7-8-9-10-11-12-13-14-15-18-25-48(57)54-36-22-37-56(39-49(58)55-35-20-17-16-19-34-53)50(59)60-43-30-32-51(5)42(38-43)26-27-44-46-29-28-45(41(4)24-21-23-40(2)3)52(46,6)33-31-47(44)51/h26,40-41,43-47H,7-25,27-39,53H2,1-6H3,(H,54,57)(H,55,58)/t41-,43+,44+,45-,46+,47+,51+,52-/m1/s1. The van der Waals surface area contributed by atoms with E-state index < -0.39 is 6.09 Å². The van der Waals surface area contributed by atoms with Crippen molar-refractivity contribution < 1.29 is 19.1 Å². The highest BCUT2D eigenvalue weighted by molar-refractivity contribution is 5.82. The average molecular weight is 839 g/mol. The van der Waals surface area contributed by atoms with E-state index in [9.17, 15) is 14.4 Å². The summed E-state index contributed by atoms with van der Waals surface area (Å²) in [5, 5.41) is 6.08. The van der Waals surface area contributed by atoms with E-state index in [4.69, 9.17) is 10.5 Å². The van der Waals surface area contributed by atoms with E-state index in [1.54, 1.807) is 4.90 Å². The van der Waals surface area contributed by atoms with E-state index in [1.807, 2.05) is 0 Å². The third-order valence-electron chi connectivity index (χ3n) is 16.3. The van der Waals surface area contributed by atoms with Crippen molar-refractivity contribution >= 4 is 17.9 Å². The first-order valence-corrected chi connectivity index (χ1v) is 25.8. The number of carbonyl (C=O) groups excluding carboxylic acids is 3. The van der Waals surface area contributed by atoms with Crippen LogP contribution < -0.4 is 16.4 Å². The highest BCUT2D eigenvalue weighted by Gasteiger charge is 2.59. The minimum absolute atomic E-state index is 0.0252. The molecule has 8 heteroatoms. The van der Waals surface area contributed by atoms with Gasteiger partial charge in [-0.3, -0.25) is 14.5 Å². The van der Waals surface area contributed by atoms with Crippen LogP contribution in [0.5, 0.6) is 0 Å². The van der Waals surface area contributed by atoms with Gasteiger partial charge in [-0.2, -0.15) is 0 Å². The minimum atomic E-state index is -0.402. The maximum absolute atomic E-state index is 13.9. The second-order valence-electron chi connectivity index (χ2n) is 21.1. The molecule has 4 N–H and O–H groups in total. The Morgan fingerprint density at radius 2 is 1.43 bits per heavy atom. The number of hydrogen-bond donors (Lipinski definition) is 3. The Hall–Kier alpha value is -2.09. The van der Waals surface area contributed by atoms with Gasteiger partial charge >= 0.3 is 6.09 Å². The zero-order valence-corrected chi connectivity index (χ0v) is 39.9. The molecule has 346 valence electrons. The molecule has 0 aromatic heterocycles. The molecule has 0 spiro atoms. The highest BCUT2D eigenvalue weighted by Crippen LogP contribution is 2.67. The molecule has 4 rings (SSSR count). The Kier molecular flexibility index (Phi) is 22.3. The number of hydrogen-bond acceptors (Lipinski definition) is 5. The molecule has 3 saturated carbocycles. The lowest BCUT2D eigenvalue weighted by molar-refractivity contribution is -0.123. The van der Waals surface area contributed by atoms with E-state index in [1.165, 1.54) is 108 Å². The number of ether oxygens (including phenoxy) is 1. The molecule has 8 atom stereocenters. The normalized spacial score (nSPS) is 27.7. The first-order valence-electron chi connectivity index (χ1n) is 25.8. The summed E-state index contributed by atoms with van der Waals surface area (Å²) < 4.78 is 6.29. The van der Waals surface area contributed by atoms with E-state index in [0.29, 0.717) is 44.4 Å². The fourth-order valence-corrected chi connectivity index (χ4v) is 12.6. The summed E-state index contributed by atoms with van der Waals surface area (Å²) in [6.45, 7) is 16.9. The van der Waals surface area contributed by atoms with Crippen LogP contribution in [-0.2, 0) is 14.3 Å². The zero-order valence-electron chi connectivity index (χ0n) is 39.9. The average Bonchev–Trinajstić information content (AvgIpc) is 3.58.